The summed E-state index contributed by atoms with van der Waals surface area (Å²) in [6.45, 7) is 0.867. The van der Waals surface area contributed by atoms with E-state index in [-0.39, 0.29) is 19.2 Å². The molecular formula is C14H22N2O3S. The predicted molar refractivity (Wildman–Crippen MR) is 77.6 cm³/mol. The zero-order valence-corrected chi connectivity index (χ0v) is 12.3. The van der Waals surface area contributed by atoms with E-state index in [9.17, 15) is 8.42 Å². The van der Waals surface area contributed by atoms with E-state index in [0.717, 1.165) is 12.8 Å². The van der Waals surface area contributed by atoms with Gasteiger partial charge in [-0.1, -0.05) is 18.2 Å². The van der Waals surface area contributed by atoms with Crippen molar-refractivity contribution in [2.24, 2.45) is 5.73 Å². The third kappa shape index (κ3) is 3.03. The summed E-state index contributed by atoms with van der Waals surface area (Å²) in [7, 11) is -3.49. The van der Waals surface area contributed by atoms with Crippen molar-refractivity contribution < 1.29 is 13.5 Å². The van der Waals surface area contributed by atoms with Gasteiger partial charge < -0.3 is 10.8 Å². The third-order valence-electron chi connectivity index (χ3n) is 3.80. The second-order valence-corrected chi connectivity index (χ2v) is 6.95. The van der Waals surface area contributed by atoms with Gasteiger partial charge in [0.15, 0.2) is 0 Å². The van der Waals surface area contributed by atoms with Gasteiger partial charge in [-0.3, -0.25) is 0 Å². The molecule has 0 spiro atoms. The molecule has 1 unspecified atom stereocenters. The van der Waals surface area contributed by atoms with E-state index < -0.39 is 10.0 Å². The molecule has 0 amide bonds. The molecule has 5 nitrogen and oxygen atoms in total. The summed E-state index contributed by atoms with van der Waals surface area (Å²) < 4.78 is 27.2. The van der Waals surface area contributed by atoms with Gasteiger partial charge in [-0.25, -0.2) is 8.42 Å². The maximum atomic E-state index is 12.8. The van der Waals surface area contributed by atoms with Gasteiger partial charge in [-0.2, -0.15) is 4.31 Å². The maximum absolute atomic E-state index is 12.8. The highest BCUT2D eigenvalue weighted by Gasteiger charge is 2.35. The van der Waals surface area contributed by atoms with Gasteiger partial charge in [0.1, 0.15) is 0 Å². The predicted octanol–water partition coefficient (Wildman–Crippen LogP) is 1.07. The summed E-state index contributed by atoms with van der Waals surface area (Å²) >= 11 is 0. The second-order valence-electron chi connectivity index (χ2n) is 5.09. The van der Waals surface area contributed by atoms with Crippen LogP contribution in [0, 0.1) is 0 Å². The largest absolute Gasteiger partial charge is 0.396 e. The summed E-state index contributed by atoms with van der Waals surface area (Å²) in [5.74, 6) is 0. The van der Waals surface area contributed by atoms with Crippen LogP contribution < -0.4 is 5.73 Å². The highest BCUT2D eigenvalue weighted by Crippen LogP contribution is 2.29. The monoisotopic (exact) mass is 298 g/mol. The number of hydrogen-bond donors (Lipinski definition) is 2. The normalized spacial score (nSPS) is 20.4. The van der Waals surface area contributed by atoms with E-state index in [0.29, 0.717) is 29.8 Å². The number of nitrogens with two attached hydrogens (primary N) is 1. The Balaban J connectivity index is 2.29. The number of rotatable bonds is 6. The Hall–Kier alpha value is -0.950. The molecule has 1 heterocycles. The lowest BCUT2D eigenvalue weighted by Gasteiger charge is -2.25. The van der Waals surface area contributed by atoms with Crippen molar-refractivity contribution in [1.82, 2.24) is 4.31 Å². The molecule has 1 fully saturated rings. The molecule has 1 saturated heterocycles. The minimum atomic E-state index is -3.49. The van der Waals surface area contributed by atoms with E-state index in [1.54, 1.807) is 28.6 Å². The summed E-state index contributed by atoms with van der Waals surface area (Å²) in [5, 5.41) is 8.93. The fraction of sp³-hybridized carbons (Fsp3) is 0.571. The quantitative estimate of drug-likeness (QED) is 0.823. The van der Waals surface area contributed by atoms with Gasteiger partial charge in [0.05, 0.1) is 4.90 Å². The van der Waals surface area contributed by atoms with Crippen LogP contribution in [0.2, 0.25) is 0 Å². The average molecular weight is 298 g/mol. The van der Waals surface area contributed by atoms with Gasteiger partial charge in [-0.05, 0) is 37.3 Å². The Bertz CT molecular complexity index is 545. The zero-order chi connectivity index (χ0) is 14.6. The fourth-order valence-electron chi connectivity index (χ4n) is 2.79. The smallest absolute Gasteiger partial charge is 0.243 e. The molecule has 1 aromatic rings. The molecule has 112 valence electrons. The van der Waals surface area contributed by atoms with E-state index in [1.165, 1.54) is 0 Å². The molecule has 0 bridgehead atoms. The van der Waals surface area contributed by atoms with E-state index >= 15 is 0 Å². The minimum Gasteiger partial charge on any atom is -0.396 e. The summed E-state index contributed by atoms with van der Waals surface area (Å²) in [6, 6.07) is 6.90. The standard InChI is InChI=1S/C14H22N2O3S/c15-11-12-5-1-2-8-14(12)20(18,19)16-9-3-6-13(16)7-4-10-17/h1-2,5,8,13,17H,3-4,6-7,9-11,15H2. The Morgan fingerprint density at radius 3 is 2.80 bits per heavy atom. The van der Waals surface area contributed by atoms with Gasteiger partial charge in [0.2, 0.25) is 10.0 Å². The Morgan fingerprint density at radius 1 is 1.35 bits per heavy atom. The second kappa shape index (κ2) is 6.67. The molecule has 1 aliphatic heterocycles. The molecule has 0 radical (unpaired) electrons. The number of nitrogens with zero attached hydrogens (tertiary/aromatic N) is 1. The van der Waals surface area contributed by atoms with Crippen LogP contribution in [0.5, 0.6) is 0 Å². The lowest BCUT2D eigenvalue weighted by Crippen LogP contribution is -2.36. The molecule has 1 aliphatic rings. The van der Waals surface area contributed by atoms with Crippen molar-refractivity contribution >= 4 is 10.0 Å². The molecule has 1 atom stereocenters. The highest BCUT2D eigenvalue weighted by molar-refractivity contribution is 7.89. The number of sulfonamides is 1. The Morgan fingerprint density at radius 2 is 2.10 bits per heavy atom. The molecule has 20 heavy (non-hydrogen) atoms. The molecule has 0 saturated carbocycles. The zero-order valence-electron chi connectivity index (χ0n) is 11.5. The fourth-order valence-corrected chi connectivity index (χ4v) is 4.75. The van der Waals surface area contributed by atoms with Gasteiger partial charge in [0, 0.05) is 25.7 Å². The Kier molecular flexibility index (Phi) is 5.15. The van der Waals surface area contributed by atoms with Crippen LogP contribution in [-0.4, -0.2) is 37.0 Å². The van der Waals surface area contributed by atoms with Crippen molar-refractivity contribution in [3.8, 4) is 0 Å². The van der Waals surface area contributed by atoms with Crippen LogP contribution >= 0.6 is 0 Å². The van der Waals surface area contributed by atoms with E-state index in [4.69, 9.17) is 10.8 Å². The van der Waals surface area contributed by atoms with Crippen molar-refractivity contribution in [2.75, 3.05) is 13.2 Å². The number of aliphatic hydroxyl groups is 1. The molecule has 0 aromatic heterocycles. The summed E-state index contributed by atoms with van der Waals surface area (Å²) in [4.78, 5) is 0.318. The molecular weight excluding hydrogens is 276 g/mol. The van der Waals surface area contributed by atoms with Crippen molar-refractivity contribution in [1.29, 1.82) is 0 Å². The van der Waals surface area contributed by atoms with Gasteiger partial charge in [-0.15, -0.1) is 0 Å². The maximum Gasteiger partial charge on any atom is 0.243 e. The molecule has 1 aromatic carbocycles. The van der Waals surface area contributed by atoms with Crippen molar-refractivity contribution in [3.05, 3.63) is 29.8 Å². The van der Waals surface area contributed by atoms with Gasteiger partial charge in [0.25, 0.3) is 0 Å². The van der Waals surface area contributed by atoms with E-state index in [1.807, 2.05) is 0 Å². The van der Waals surface area contributed by atoms with E-state index in [2.05, 4.69) is 0 Å². The van der Waals surface area contributed by atoms with Crippen LogP contribution in [0.3, 0.4) is 0 Å². The highest BCUT2D eigenvalue weighted by atomic mass is 32.2. The first-order valence-corrected chi connectivity index (χ1v) is 8.46. The first-order chi connectivity index (χ1) is 9.61. The summed E-state index contributed by atoms with van der Waals surface area (Å²) in [6.07, 6.45) is 3.08. The Labute approximate surface area is 120 Å². The number of aliphatic hydroxyl groups excluding tert-OH is 1. The van der Waals surface area contributed by atoms with Crippen molar-refractivity contribution in [3.63, 3.8) is 0 Å². The van der Waals surface area contributed by atoms with Gasteiger partial charge >= 0.3 is 0 Å². The molecule has 2 rings (SSSR count). The van der Waals surface area contributed by atoms with Crippen LogP contribution in [-0.2, 0) is 16.6 Å². The topological polar surface area (TPSA) is 83.6 Å². The first kappa shape index (κ1) is 15.4. The lowest BCUT2D eigenvalue weighted by molar-refractivity contribution is 0.264. The van der Waals surface area contributed by atoms with Crippen LogP contribution in [0.15, 0.2) is 29.2 Å². The summed E-state index contributed by atoms with van der Waals surface area (Å²) in [5.41, 5.74) is 6.30. The minimum absolute atomic E-state index is 0.00187. The molecule has 0 aliphatic carbocycles. The average Bonchev–Trinajstić information content (AvgIpc) is 2.94. The number of hydrogen-bond acceptors (Lipinski definition) is 4. The van der Waals surface area contributed by atoms with Crippen LogP contribution in [0.25, 0.3) is 0 Å². The molecule has 3 N–H and O–H groups in total. The molecule has 6 heteroatoms. The van der Waals surface area contributed by atoms with Crippen LogP contribution in [0.1, 0.15) is 31.2 Å². The number of benzene rings is 1. The van der Waals surface area contributed by atoms with Crippen molar-refractivity contribution in [2.45, 2.75) is 43.2 Å². The van der Waals surface area contributed by atoms with Crippen LogP contribution in [0.4, 0.5) is 0 Å². The lowest BCUT2D eigenvalue weighted by atomic mass is 10.1. The first-order valence-electron chi connectivity index (χ1n) is 7.02. The third-order valence-corrected chi connectivity index (χ3v) is 5.85. The SMILES string of the molecule is NCc1ccccc1S(=O)(=O)N1CCCC1CCCO.